The zero-order valence-corrected chi connectivity index (χ0v) is 14.9. The van der Waals surface area contributed by atoms with E-state index in [-0.39, 0.29) is 0 Å². The normalized spacial score (nSPS) is 12.3. The van der Waals surface area contributed by atoms with Gasteiger partial charge in [0, 0.05) is 10.6 Å². The van der Waals surface area contributed by atoms with Crippen molar-refractivity contribution in [1.29, 1.82) is 0 Å². The van der Waals surface area contributed by atoms with Gasteiger partial charge in [-0.2, -0.15) is 5.10 Å². The van der Waals surface area contributed by atoms with E-state index in [4.69, 9.17) is 27.6 Å². The molecule has 1 aromatic heterocycles. The van der Waals surface area contributed by atoms with Gasteiger partial charge in [-0.1, -0.05) is 53.5 Å². The molecule has 0 radical (unpaired) electrons. The number of hydrogen-bond acceptors (Lipinski definition) is 4. The van der Waals surface area contributed by atoms with Crippen molar-refractivity contribution in [1.82, 2.24) is 5.43 Å². The molecule has 0 aliphatic rings. The van der Waals surface area contributed by atoms with Gasteiger partial charge in [-0.3, -0.25) is 4.79 Å². The number of benzene rings is 2. The number of carbonyl (C=O) groups is 1. The van der Waals surface area contributed by atoms with E-state index in [1.165, 1.54) is 6.21 Å². The molecule has 0 saturated heterocycles. The van der Waals surface area contributed by atoms with E-state index in [2.05, 4.69) is 10.5 Å². The van der Waals surface area contributed by atoms with E-state index in [0.717, 1.165) is 0 Å². The van der Waals surface area contributed by atoms with Crippen LogP contribution in [0.1, 0.15) is 17.4 Å². The topological polar surface area (TPSA) is 74.8 Å². The van der Waals surface area contributed by atoms with E-state index in [9.17, 15) is 9.90 Å². The van der Waals surface area contributed by atoms with Crippen LogP contribution in [0.3, 0.4) is 0 Å². The molecule has 0 aliphatic carbocycles. The Kier molecular flexibility index (Phi) is 5.73. The molecular formula is C19H14Cl2N2O3. The number of hydrazone groups is 1. The van der Waals surface area contributed by atoms with Gasteiger partial charge in [0.1, 0.15) is 11.5 Å². The number of amides is 1. The summed E-state index contributed by atoms with van der Waals surface area (Å²) < 4.78 is 5.63. The van der Waals surface area contributed by atoms with Gasteiger partial charge >= 0.3 is 0 Å². The zero-order valence-electron chi connectivity index (χ0n) is 13.4. The standard InChI is InChI=1S/C19H14Cl2N2O3/c20-13-6-8-16(21)15(10-13)17-9-7-14(26-17)11-22-23-19(25)18(24)12-4-2-1-3-5-12/h1-11,18,24H,(H,23,25)/b22-11-/t18-/m0/s1. The fourth-order valence-corrected chi connectivity index (χ4v) is 2.64. The third-order valence-electron chi connectivity index (χ3n) is 3.55. The second-order valence-corrected chi connectivity index (χ2v) is 6.22. The summed E-state index contributed by atoms with van der Waals surface area (Å²) in [6.07, 6.45) is 0.0307. The van der Waals surface area contributed by atoms with Crippen molar-refractivity contribution in [3.05, 3.63) is 82.0 Å². The molecule has 0 fully saturated rings. The third kappa shape index (κ3) is 4.32. The largest absolute Gasteiger partial charge is 0.455 e. The van der Waals surface area contributed by atoms with Crippen molar-refractivity contribution >= 4 is 35.3 Å². The van der Waals surface area contributed by atoms with Crippen LogP contribution < -0.4 is 5.43 Å². The molecule has 0 bridgehead atoms. The Morgan fingerprint density at radius 1 is 1.12 bits per heavy atom. The summed E-state index contributed by atoms with van der Waals surface area (Å²) in [6, 6.07) is 17.0. The average molecular weight is 389 g/mol. The van der Waals surface area contributed by atoms with E-state index in [1.807, 2.05) is 0 Å². The highest BCUT2D eigenvalue weighted by Crippen LogP contribution is 2.31. The van der Waals surface area contributed by atoms with Crippen molar-refractivity contribution < 1.29 is 14.3 Å². The molecule has 132 valence electrons. The van der Waals surface area contributed by atoms with Gasteiger partial charge in [0.05, 0.1) is 11.2 Å². The van der Waals surface area contributed by atoms with Crippen LogP contribution in [0, 0.1) is 0 Å². The van der Waals surface area contributed by atoms with Crippen molar-refractivity contribution in [3.8, 4) is 11.3 Å². The minimum atomic E-state index is -1.30. The lowest BCUT2D eigenvalue weighted by atomic mass is 10.1. The Morgan fingerprint density at radius 3 is 2.65 bits per heavy atom. The number of aliphatic hydroxyl groups excluding tert-OH is 1. The van der Waals surface area contributed by atoms with Gasteiger partial charge in [-0.25, -0.2) is 5.43 Å². The summed E-state index contributed by atoms with van der Waals surface area (Å²) in [5.74, 6) is 0.289. The number of rotatable bonds is 5. The maximum Gasteiger partial charge on any atom is 0.273 e. The summed E-state index contributed by atoms with van der Waals surface area (Å²) in [7, 11) is 0. The number of nitrogens with zero attached hydrogens (tertiary/aromatic N) is 1. The van der Waals surface area contributed by atoms with Crippen LogP contribution in [-0.4, -0.2) is 17.2 Å². The van der Waals surface area contributed by atoms with Gasteiger partial charge in [-0.15, -0.1) is 0 Å². The second kappa shape index (κ2) is 8.19. The van der Waals surface area contributed by atoms with Crippen LogP contribution in [0.15, 0.2) is 70.2 Å². The fourth-order valence-electron chi connectivity index (χ4n) is 2.26. The van der Waals surface area contributed by atoms with Crippen molar-refractivity contribution in [2.75, 3.05) is 0 Å². The summed E-state index contributed by atoms with van der Waals surface area (Å²) in [6.45, 7) is 0. The zero-order chi connectivity index (χ0) is 18.5. The first kappa shape index (κ1) is 18.2. The predicted octanol–water partition coefficient (Wildman–Crippen LogP) is 4.44. The number of furan rings is 1. The van der Waals surface area contributed by atoms with Gasteiger partial charge in [-0.05, 0) is 35.9 Å². The molecule has 0 aliphatic heterocycles. The number of carbonyl (C=O) groups excluding carboxylic acids is 1. The Morgan fingerprint density at radius 2 is 1.88 bits per heavy atom. The highest BCUT2D eigenvalue weighted by atomic mass is 35.5. The van der Waals surface area contributed by atoms with Crippen LogP contribution in [0.25, 0.3) is 11.3 Å². The molecule has 3 aromatic rings. The molecule has 26 heavy (non-hydrogen) atoms. The first-order valence-electron chi connectivity index (χ1n) is 7.66. The molecule has 0 unspecified atom stereocenters. The molecule has 2 aromatic carbocycles. The number of halogens is 2. The van der Waals surface area contributed by atoms with Crippen LogP contribution in [0.5, 0.6) is 0 Å². The van der Waals surface area contributed by atoms with E-state index < -0.39 is 12.0 Å². The summed E-state index contributed by atoms with van der Waals surface area (Å²) in [5.41, 5.74) is 3.41. The first-order valence-corrected chi connectivity index (χ1v) is 8.41. The number of nitrogens with one attached hydrogen (secondary N) is 1. The molecule has 1 amide bonds. The Labute approximate surface area is 159 Å². The van der Waals surface area contributed by atoms with Crippen LogP contribution >= 0.6 is 23.2 Å². The van der Waals surface area contributed by atoms with Gasteiger partial charge in [0.2, 0.25) is 0 Å². The van der Waals surface area contributed by atoms with E-state index in [0.29, 0.717) is 32.7 Å². The number of hydrogen-bond donors (Lipinski definition) is 2. The van der Waals surface area contributed by atoms with Crippen molar-refractivity contribution in [3.63, 3.8) is 0 Å². The lowest BCUT2D eigenvalue weighted by Gasteiger charge is -2.08. The smallest absolute Gasteiger partial charge is 0.273 e. The highest BCUT2D eigenvalue weighted by Gasteiger charge is 2.16. The molecule has 7 heteroatoms. The number of aliphatic hydroxyl groups is 1. The highest BCUT2D eigenvalue weighted by molar-refractivity contribution is 6.35. The minimum absolute atomic E-state index is 0.408. The van der Waals surface area contributed by atoms with Crippen LogP contribution in [0.4, 0.5) is 0 Å². The van der Waals surface area contributed by atoms with E-state index >= 15 is 0 Å². The van der Waals surface area contributed by atoms with Gasteiger partial charge in [0.25, 0.3) is 5.91 Å². The Bertz CT molecular complexity index is 939. The molecule has 5 nitrogen and oxygen atoms in total. The molecule has 1 atom stereocenters. The third-order valence-corrected chi connectivity index (χ3v) is 4.12. The average Bonchev–Trinajstić information content (AvgIpc) is 3.12. The maximum absolute atomic E-state index is 11.9. The lowest BCUT2D eigenvalue weighted by molar-refractivity contribution is -0.129. The SMILES string of the molecule is O=C(N/N=C\c1ccc(-c2cc(Cl)ccc2Cl)o1)[C@@H](O)c1ccccc1. The van der Waals surface area contributed by atoms with Crippen LogP contribution in [0.2, 0.25) is 10.0 Å². The van der Waals surface area contributed by atoms with Crippen LogP contribution in [-0.2, 0) is 4.79 Å². The quantitative estimate of drug-likeness (QED) is 0.501. The minimum Gasteiger partial charge on any atom is -0.455 e. The molecule has 0 spiro atoms. The summed E-state index contributed by atoms with van der Waals surface area (Å²) in [5, 5.41) is 14.8. The Balaban J connectivity index is 1.66. The monoisotopic (exact) mass is 388 g/mol. The van der Waals surface area contributed by atoms with Gasteiger partial charge in [0.15, 0.2) is 6.10 Å². The Hall–Kier alpha value is -2.60. The van der Waals surface area contributed by atoms with Crippen molar-refractivity contribution in [2.45, 2.75) is 6.10 Å². The first-order chi connectivity index (χ1) is 12.5. The van der Waals surface area contributed by atoms with E-state index in [1.54, 1.807) is 60.7 Å². The summed E-state index contributed by atoms with van der Waals surface area (Å²) in [4.78, 5) is 11.9. The lowest BCUT2D eigenvalue weighted by Crippen LogP contribution is -2.25. The fraction of sp³-hybridized carbons (Fsp3) is 0.0526. The van der Waals surface area contributed by atoms with Gasteiger partial charge < -0.3 is 9.52 Å². The second-order valence-electron chi connectivity index (χ2n) is 5.37. The predicted molar refractivity (Wildman–Crippen MR) is 101 cm³/mol. The van der Waals surface area contributed by atoms with Crippen molar-refractivity contribution in [2.24, 2.45) is 5.10 Å². The molecule has 3 rings (SSSR count). The molecule has 0 saturated carbocycles. The molecule has 1 heterocycles. The summed E-state index contributed by atoms with van der Waals surface area (Å²) >= 11 is 12.1. The maximum atomic E-state index is 11.9. The molecular weight excluding hydrogens is 375 g/mol. The molecule has 2 N–H and O–H groups in total.